The van der Waals surface area contributed by atoms with Crippen molar-refractivity contribution in [3.63, 3.8) is 0 Å². The van der Waals surface area contributed by atoms with Crippen LogP contribution in [-0.4, -0.2) is 41.7 Å². The lowest BCUT2D eigenvalue weighted by molar-refractivity contribution is 0.0474. The molecule has 0 bridgehead atoms. The molecule has 2 heterocycles. The Labute approximate surface area is 189 Å². The number of para-hydroxylation sites is 1. The second-order valence-electron chi connectivity index (χ2n) is 6.67. The Balaban J connectivity index is 1.61. The van der Waals surface area contributed by atoms with E-state index in [-0.39, 0.29) is 12.8 Å². The number of thiazole rings is 1. The molecule has 0 aliphatic carbocycles. The van der Waals surface area contributed by atoms with Gasteiger partial charge in [0.1, 0.15) is 5.01 Å². The fourth-order valence-electron chi connectivity index (χ4n) is 3.04. The van der Waals surface area contributed by atoms with Crippen LogP contribution in [0.4, 0.5) is 0 Å². The molecule has 0 radical (unpaired) electrons. The molecule has 0 atom stereocenters. The van der Waals surface area contributed by atoms with Crippen molar-refractivity contribution in [1.29, 1.82) is 0 Å². The van der Waals surface area contributed by atoms with E-state index in [1.807, 2.05) is 66.2 Å². The van der Waals surface area contributed by atoms with Crippen molar-refractivity contribution in [3.05, 3.63) is 83.0 Å². The first kappa shape index (κ1) is 21.5. The number of rotatable bonds is 8. The van der Waals surface area contributed by atoms with Crippen molar-refractivity contribution in [3.8, 4) is 22.1 Å². The maximum absolute atomic E-state index is 12.1. The van der Waals surface area contributed by atoms with Gasteiger partial charge in [0, 0.05) is 24.3 Å². The van der Waals surface area contributed by atoms with Crippen LogP contribution in [0.1, 0.15) is 21.6 Å². The molecule has 0 unspecified atom stereocenters. The Hall–Kier alpha value is -3.75. The van der Waals surface area contributed by atoms with Crippen molar-refractivity contribution in [2.45, 2.75) is 0 Å². The fraction of sp³-hybridized carbons (Fsp3) is 0.125. The molecule has 2 aromatic heterocycles. The minimum atomic E-state index is -0.388. The first-order valence-corrected chi connectivity index (χ1v) is 10.7. The number of benzene rings is 2. The Kier molecular flexibility index (Phi) is 6.74. The molecule has 4 rings (SSSR count). The molecular formula is C24H21N3O4S. The zero-order valence-corrected chi connectivity index (χ0v) is 18.4. The van der Waals surface area contributed by atoms with Crippen LogP contribution in [0.2, 0.25) is 0 Å². The first-order chi connectivity index (χ1) is 15.7. The van der Waals surface area contributed by atoms with Crippen LogP contribution in [-0.2, 0) is 9.47 Å². The SMILES string of the molecule is COCOc1nn(-c2ccccc2)cc1C=Cc1csc(-c2ccccc2C(=O)OC)n1. The second-order valence-corrected chi connectivity index (χ2v) is 7.53. The summed E-state index contributed by atoms with van der Waals surface area (Å²) in [5.74, 6) is 0.0691. The predicted octanol–water partition coefficient (Wildman–Crippen LogP) is 4.94. The van der Waals surface area contributed by atoms with E-state index < -0.39 is 0 Å². The first-order valence-electron chi connectivity index (χ1n) is 9.77. The topological polar surface area (TPSA) is 75.5 Å². The summed E-state index contributed by atoms with van der Waals surface area (Å²) in [6, 6.07) is 17.0. The number of hydrogen-bond acceptors (Lipinski definition) is 7. The van der Waals surface area contributed by atoms with Crippen molar-refractivity contribution in [1.82, 2.24) is 14.8 Å². The third-order valence-electron chi connectivity index (χ3n) is 4.56. The number of aromatic nitrogens is 3. The molecule has 0 aliphatic rings. The van der Waals surface area contributed by atoms with Crippen LogP contribution in [0.25, 0.3) is 28.4 Å². The summed E-state index contributed by atoms with van der Waals surface area (Å²) < 4.78 is 17.3. The number of carbonyl (C=O) groups is 1. The van der Waals surface area contributed by atoms with E-state index in [2.05, 4.69) is 10.1 Å². The Morgan fingerprint density at radius 1 is 1.06 bits per heavy atom. The van der Waals surface area contributed by atoms with Gasteiger partial charge in [-0.25, -0.2) is 14.5 Å². The summed E-state index contributed by atoms with van der Waals surface area (Å²) in [6.07, 6.45) is 5.66. The summed E-state index contributed by atoms with van der Waals surface area (Å²) >= 11 is 1.46. The lowest BCUT2D eigenvalue weighted by Crippen LogP contribution is -2.03. The number of carbonyl (C=O) groups excluding carboxylic acids is 1. The number of nitrogens with zero attached hydrogens (tertiary/aromatic N) is 3. The average Bonchev–Trinajstić information content (AvgIpc) is 3.48. The van der Waals surface area contributed by atoms with Crippen LogP contribution in [0.3, 0.4) is 0 Å². The van der Waals surface area contributed by atoms with Gasteiger partial charge in [-0.3, -0.25) is 0 Å². The van der Waals surface area contributed by atoms with Crippen molar-refractivity contribution >= 4 is 29.5 Å². The van der Waals surface area contributed by atoms with Gasteiger partial charge in [-0.1, -0.05) is 36.4 Å². The monoisotopic (exact) mass is 447 g/mol. The summed E-state index contributed by atoms with van der Waals surface area (Å²) in [6.45, 7) is 0.0950. The number of esters is 1. The second kappa shape index (κ2) is 10.0. The van der Waals surface area contributed by atoms with E-state index in [1.54, 1.807) is 23.9 Å². The van der Waals surface area contributed by atoms with E-state index in [9.17, 15) is 4.79 Å². The predicted molar refractivity (Wildman–Crippen MR) is 124 cm³/mol. The minimum absolute atomic E-state index is 0.0950. The molecule has 0 fully saturated rings. The smallest absolute Gasteiger partial charge is 0.338 e. The highest BCUT2D eigenvalue weighted by Gasteiger charge is 2.15. The third kappa shape index (κ3) is 4.77. The van der Waals surface area contributed by atoms with Gasteiger partial charge in [0.25, 0.3) is 0 Å². The largest absolute Gasteiger partial charge is 0.465 e. The molecule has 162 valence electrons. The van der Waals surface area contributed by atoms with Gasteiger partial charge in [-0.2, -0.15) is 0 Å². The standard InChI is InChI=1S/C24H21N3O4S/c1-29-16-31-22-17(14-27(26-22)19-8-4-3-5-9-19)12-13-18-15-32-23(25-18)20-10-6-7-11-21(20)24(28)30-2/h3-15H,16H2,1-2H3. The molecule has 7 nitrogen and oxygen atoms in total. The lowest BCUT2D eigenvalue weighted by Gasteiger charge is -2.04. The molecule has 2 aromatic carbocycles. The Morgan fingerprint density at radius 3 is 2.62 bits per heavy atom. The third-order valence-corrected chi connectivity index (χ3v) is 5.45. The normalized spacial score (nSPS) is 11.1. The maximum Gasteiger partial charge on any atom is 0.338 e. The molecule has 0 aliphatic heterocycles. The summed E-state index contributed by atoms with van der Waals surface area (Å²) in [4.78, 5) is 16.7. The summed E-state index contributed by atoms with van der Waals surface area (Å²) in [5.41, 5.74) is 3.69. The molecular weight excluding hydrogens is 426 g/mol. The quantitative estimate of drug-likeness (QED) is 0.281. The molecule has 0 N–H and O–H groups in total. The van der Waals surface area contributed by atoms with Crippen LogP contribution < -0.4 is 4.74 Å². The lowest BCUT2D eigenvalue weighted by atomic mass is 10.1. The molecule has 0 saturated heterocycles. The summed E-state index contributed by atoms with van der Waals surface area (Å²) in [7, 11) is 2.93. The van der Waals surface area contributed by atoms with Crippen LogP contribution >= 0.6 is 11.3 Å². The fourth-order valence-corrected chi connectivity index (χ4v) is 3.87. The number of hydrogen-bond donors (Lipinski definition) is 0. The zero-order valence-electron chi connectivity index (χ0n) is 17.6. The van der Waals surface area contributed by atoms with E-state index >= 15 is 0 Å². The van der Waals surface area contributed by atoms with E-state index in [4.69, 9.17) is 14.2 Å². The average molecular weight is 448 g/mol. The van der Waals surface area contributed by atoms with E-state index in [0.29, 0.717) is 11.4 Å². The maximum atomic E-state index is 12.1. The van der Waals surface area contributed by atoms with E-state index in [0.717, 1.165) is 27.5 Å². The number of methoxy groups -OCH3 is 2. The van der Waals surface area contributed by atoms with Gasteiger partial charge in [0.15, 0.2) is 6.79 Å². The van der Waals surface area contributed by atoms with Gasteiger partial charge < -0.3 is 14.2 Å². The highest BCUT2D eigenvalue weighted by Crippen LogP contribution is 2.29. The molecule has 0 spiro atoms. The van der Waals surface area contributed by atoms with Crippen LogP contribution in [0, 0.1) is 0 Å². The van der Waals surface area contributed by atoms with Gasteiger partial charge in [0.2, 0.25) is 5.88 Å². The van der Waals surface area contributed by atoms with Crippen LogP contribution in [0.15, 0.2) is 66.2 Å². The zero-order chi connectivity index (χ0) is 22.3. The van der Waals surface area contributed by atoms with Crippen LogP contribution in [0.5, 0.6) is 5.88 Å². The van der Waals surface area contributed by atoms with Gasteiger partial charge in [-0.15, -0.1) is 16.4 Å². The van der Waals surface area contributed by atoms with Gasteiger partial charge in [-0.05, 0) is 30.4 Å². The Bertz CT molecular complexity index is 1230. The van der Waals surface area contributed by atoms with E-state index in [1.165, 1.54) is 18.4 Å². The van der Waals surface area contributed by atoms with Crippen molar-refractivity contribution in [2.75, 3.05) is 21.0 Å². The molecule has 0 saturated carbocycles. The van der Waals surface area contributed by atoms with Crippen molar-refractivity contribution < 1.29 is 19.0 Å². The van der Waals surface area contributed by atoms with Crippen molar-refractivity contribution in [2.24, 2.45) is 0 Å². The molecule has 0 amide bonds. The Morgan fingerprint density at radius 2 is 1.84 bits per heavy atom. The number of ether oxygens (including phenoxy) is 3. The highest BCUT2D eigenvalue weighted by molar-refractivity contribution is 7.13. The molecule has 8 heteroatoms. The molecule has 4 aromatic rings. The summed E-state index contributed by atoms with van der Waals surface area (Å²) in [5, 5.41) is 7.18. The van der Waals surface area contributed by atoms with Gasteiger partial charge in [0.05, 0.1) is 29.6 Å². The van der Waals surface area contributed by atoms with Gasteiger partial charge >= 0.3 is 5.97 Å². The highest BCUT2D eigenvalue weighted by atomic mass is 32.1. The molecule has 32 heavy (non-hydrogen) atoms. The minimum Gasteiger partial charge on any atom is -0.465 e.